The fourth-order valence-electron chi connectivity index (χ4n) is 3.19. The molecule has 8 heteroatoms. The van der Waals surface area contributed by atoms with Crippen molar-refractivity contribution in [3.63, 3.8) is 0 Å². The van der Waals surface area contributed by atoms with Crippen LogP contribution >= 0.6 is 0 Å². The van der Waals surface area contributed by atoms with Crippen molar-refractivity contribution in [1.29, 1.82) is 0 Å². The van der Waals surface area contributed by atoms with Crippen LogP contribution in [0.15, 0.2) is 42.5 Å². The second kappa shape index (κ2) is 9.75. The first-order valence-corrected chi connectivity index (χ1v) is 11.6. The SMILES string of the molecule is CCOC(=O)c1ccc(NC(=O)[C@@H](CC)N(c2cccc(C)c2)S(C)(=O)=O)c(C)c1. The molecule has 0 saturated heterocycles. The average Bonchev–Trinajstić information content (AvgIpc) is 2.66. The molecule has 0 fully saturated rings. The van der Waals surface area contributed by atoms with Crippen LogP contribution in [0.2, 0.25) is 0 Å². The van der Waals surface area contributed by atoms with Crippen LogP contribution in [0.1, 0.15) is 41.8 Å². The number of benzene rings is 2. The molecule has 0 aliphatic carbocycles. The van der Waals surface area contributed by atoms with Gasteiger partial charge in [-0.05, 0) is 68.7 Å². The van der Waals surface area contributed by atoms with E-state index < -0.39 is 27.9 Å². The molecule has 0 heterocycles. The van der Waals surface area contributed by atoms with Gasteiger partial charge in [-0.3, -0.25) is 9.10 Å². The summed E-state index contributed by atoms with van der Waals surface area (Å²) in [7, 11) is -3.71. The minimum Gasteiger partial charge on any atom is -0.462 e. The minimum atomic E-state index is -3.71. The van der Waals surface area contributed by atoms with E-state index in [9.17, 15) is 18.0 Å². The van der Waals surface area contributed by atoms with E-state index in [1.54, 1.807) is 57.2 Å². The maximum atomic E-state index is 13.1. The second-order valence-corrected chi connectivity index (χ2v) is 8.92. The summed E-state index contributed by atoms with van der Waals surface area (Å²) in [5, 5.41) is 2.80. The molecule has 162 valence electrons. The number of carbonyl (C=O) groups is 2. The number of carbonyl (C=O) groups excluding carboxylic acids is 2. The summed E-state index contributed by atoms with van der Waals surface area (Å²) in [6.45, 7) is 7.38. The first-order chi connectivity index (χ1) is 14.1. The Morgan fingerprint density at radius 3 is 2.33 bits per heavy atom. The van der Waals surface area contributed by atoms with E-state index in [1.165, 1.54) is 0 Å². The van der Waals surface area contributed by atoms with Gasteiger partial charge in [-0.25, -0.2) is 13.2 Å². The largest absolute Gasteiger partial charge is 0.462 e. The predicted octanol–water partition coefficient (Wildman–Crippen LogP) is 3.66. The second-order valence-electron chi connectivity index (χ2n) is 7.06. The number of nitrogens with one attached hydrogen (secondary N) is 1. The van der Waals surface area contributed by atoms with Crippen LogP contribution in [-0.4, -0.2) is 39.2 Å². The van der Waals surface area contributed by atoms with Gasteiger partial charge in [0.25, 0.3) is 0 Å². The summed E-state index contributed by atoms with van der Waals surface area (Å²) in [6.07, 6.45) is 1.37. The first-order valence-electron chi connectivity index (χ1n) is 9.73. The van der Waals surface area contributed by atoms with Crippen molar-refractivity contribution < 1.29 is 22.7 Å². The normalized spacial score (nSPS) is 12.2. The van der Waals surface area contributed by atoms with E-state index in [2.05, 4.69) is 5.32 Å². The lowest BCUT2D eigenvalue weighted by Crippen LogP contribution is -2.47. The molecular formula is C22H28N2O5S. The molecule has 2 aromatic rings. The molecule has 0 aliphatic heterocycles. The van der Waals surface area contributed by atoms with Gasteiger partial charge in [0.05, 0.1) is 24.1 Å². The highest BCUT2D eigenvalue weighted by Gasteiger charge is 2.31. The maximum absolute atomic E-state index is 13.1. The van der Waals surface area contributed by atoms with Gasteiger partial charge in [0.15, 0.2) is 0 Å². The molecule has 1 amide bonds. The number of nitrogens with zero attached hydrogens (tertiary/aromatic N) is 1. The number of hydrogen-bond donors (Lipinski definition) is 1. The zero-order valence-corrected chi connectivity index (χ0v) is 18.7. The number of amides is 1. The van der Waals surface area contributed by atoms with E-state index in [-0.39, 0.29) is 13.0 Å². The smallest absolute Gasteiger partial charge is 0.338 e. The number of ether oxygens (including phenoxy) is 1. The molecule has 1 atom stereocenters. The molecule has 0 bridgehead atoms. The molecule has 0 aromatic heterocycles. The lowest BCUT2D eigenvalue weighted by Gasteiger charge is -2.30. The zero-order chi connectivity index (χ0) is 22.5. The van der Waals surface area contributed by atoms with Crippen molar-refractivity contribution in [2.45, 2.75) is 40.2 Å². The van der Waals surface area contributed by atoms with Crippen LogP contribution in [0.25, 0.3) is 0 Å². The van der Waals surface area contributed by atoms with Gasteiger partial charge in [0.1, 0.15) is 6.04 Å². The first kappa shape index (κ1) is 23.4. The average molecular weight is 433 g/mol. The van der Waals surface area contributed by atoms with E-state index in [4.69, 9.17) is 4.74 Å². The van der Waals surface area contributed by atoms with Crippen LogP contribution in [0.3, 0.4) is 0 Å². The Morgan fingerprint density at radius 2 is 1.80 bits per heavy atom. The van der Waals surface area contributed by atoms with Crippen LogP contribution in [-0.2, 0) is 19.6 Å². The molecule has 0 saturated carbocycles. The lowest BCUT2D eigenvalue weighted by molar-refractivity contribution is -0.117. The Labute approximate surface area is 178 Å². The van der Waals surface area contributed by atoms with Crippen molar-refractivity contribution in [3.05, 3.63) is 59.2 Å². The standard InChI is InChI=1S/C22H28N2O5S/c1-6-20(24(30(5,27)28)18-10-8-9-15(3)13-18)21(25)23-19-12-11-17(14-16(19)4)22(26)29-7-2/h8-14,20H,6-7H2,1-5H3,(H,23,25)/t20-/m1/s1. The molecule has 2 rings (SSSR count). The van der Waals surface area contributed by atoms with E-state index >= 15 is 0 Å². The van der Waals surface area contributed by atoms with E-state index in [1.807, 2.05) is 13.0 Å². The summed E-state index contributed by atoms with van der Waals surface area (Å²) in [4.78, 5) is 24.9. The zero-order valence-electron chi connectivity index (χ0n) is 17.9. The van der Waals surface area contributed by atoms with Crippen molar-refractivity contribution in [2.24, 2.45) is 0 Å². The molecule has 0 unspecified atom stereocenters. The highest BCUT2D eigenvalue weighted by atomic mass is 32.2. The van der Waals surface area contributed by atoms with E-state index in [0.29, 0.717) is 22.5 Å². The number of rotatable bonds is 8. The Kier molecular flexibility index (Phi) is 7.61. The fourth-order valence-corrected chi connectivity index (χ4v) is 4.39. The minimum absolute atomic E-state index is 0.273. The third-order valence-electron chi connectivity index (χ3n) is 4.58. The summed E-state index contributed by atoms with van der Waals surface area (Å²) in [6, 6.07) is 10.9. The molecule has 2 aromatic carbocycles. The van der Waals surface area contributed by atoms with Crippen molar-refractivity contribution in [3.8, 4) is 0 Å². The predicted molar refractivity (Wildman–Crippen MR) is 118 cm³/mol. The van der Waals surface area contributed by atoms with Gasteiger partial charge < -0.3 is 10.1 Å². The van der Waals surface area contributed by atoms with Gasteiger partial charge in [-0.15, -0.1) is 0 Å². The van der Waals surface area contributed by atoms with Crippen molar-refractivity contribution in [1.82, 2.24) is 0 Å². The van der Waals surface area contributed by atoms with Gasteiger partial charge in [0, 0.05) is 5.69 Å². The number of hydrogen-bond acceptors (Lipinski definition) is 5. The summed E-state index contributed by atoms with van der Waals surface area (Å²) >= 11 is 0. The maximum Gasteiger partial charge on any atom is 0.338 e. The third kappa shape index (κ3) is 5.60. The molecule has 0 aliphatic rings. The van der Waals surface area contributed by atoms with E-state index in [0.717, 1.165) is 16.1 Å². The molecular weight excluding hydrogens is 404 g/mol. The lowest BCUT2D eigenvalue weighted by atomic mass is 10.1. The molecule has 0 radical (unpaired) electrons. The highest BCUT2D eigenvalue weighted by molar-refractivity contribution is 7.92. The molecule has 7 nitrogen and oxygen atoms in total. The van der Waals surface area contributed by atoms with Crippen molar-refractivity contribution in [2.75, 3.05) is 22.5 Å². The monoisotopic (exact) mass is 432 g/mol. The topological polar surface area (TPSA) is 92.8 Å². The molecule has 1 N–H and O–H groups in total. The van der Waals surface area contributed by atoms with Crippen LogP contribution in [0.4, 0.5) is 11.4 Å². The van der Waals surface area contributed by atoms with Crippen LogP contribution in [0, 0.1) is 13.8 Å². The van der Waals surface area contributed by atoms with Gasteiger partial charge in [0.2, 0.25) is 15.9 Å². The molecule has 0 spiro atoms. The number of sulfonamides is 1. The van der Waals surface area contributed by atoms with Crippen molar-refractivity contribution >= 4 is 33.3 Å². The number of aryl methyl sites for hydroxylation is 2. The number of esters is 1. The number of anilines is 2. The Balaban J connectivity index is 2.33. The summed E-state index contributed by atoms with van der Waals surface area (Å²) in [5.41, 5.74) is 2.89. The highest BCUT2D eigenvalue weighted by Crippen LogP contribution is 2.25. The van der Waals surface area contributed by atoms with Gasteiger partial charge in [-0.1, -0.05) is 19.1 Å². The Hall–Kier alpha value is -2.87. The van der Waals surface area contributed by atoms with Crippen LogP contribution < -0.4 is 9.62 Å². The fraction of sp³-hybridized carbons (Fsp3) is 0.364. The van der Waals surface area contributed by atoms with Crippen LogP contribution in [0.5, 0.6) is 0 Å². The Bertz CT molecular complexity index is 1030. The summed E-state index contributed by atoms with van der Waals surface area (Å²) < 4.78 is 31.2. The Morgan fingerprint density at radius 1 is 1.10 bits per heavy atom. The third-order valence-corrected chi connectivity index (χ3v) is 5.76. The summed E-state index contributed by atoms with van der Waals surface area (Å²) in [5.74, 6) is -0.885. The van der Waals surface area contributed by atoms with Gasteiger partial charge >= 0.3 is 5.97 Å². The van der Waals surface area contributed by atoms with Gasteiger partial charge in [-0.2, -0.15) is 0 Å². The quantitative estimate of drug-likeness (QED) is 0.643. The molecule has 30 heavy (non-hydrogen) atoms.